The van der Waals surface area contributed by atoms with Crippen LogP contribution in [0.2, 0.25) is 0 Å². The molecule has 0 bridgehead atoms. The first-order chi connectivity index (χ1) is 12.7. The Morgan fingerprint density at radius 3 is 2.44 bits per heavy atom. The number of hydrogen-bond donors (Lipinski definition) is 0. The molecule has 0 spiro atoms. The third-order valence-electron chi connectivity index (χ3n) is 4.64. The molecule has 0 saturated carbocycles. The smallest absolute Gasteiger partial charge is 0.313 e. The summed E-state index contributed by atoms with van der Waals surface area (Å²) >= 11 is 0. The number of carbonyl (C=O) groups excluding carboxylic acids is 2. The average molecular weight is 363 g/mol. The standard InChI is InChI=1S/C23H25NO3/c1-6-16-7-8-18-14-24(21(25)20(18)13-16)19-11-9-17(10-12-19)15(2)22(26)27-23(3,4)5/h6-13,15H,1,14H2,2-5H3. The number of rotatable bonds is 4. The molecule has 1 amide bonds. The highest BCUT2D eigenvalue weighted by atomic mass is 16.6. The molecule has 1 aliphatic heterocycles. The van der Waals surface area contributed by atoms with Crippen molar-refractivity contribution < 1.29 is 14.3 Å². The topological polar surface area (TPSA) is 46.6 Å². The van der Waals surface area contributed by atoms with E-state index in [0.29, 0.717) is 6.54 Å². The fourth-order valence-electron chi connectivity index (χ4n) is 3.12. The van der Waals surface area contributed by atoms with E-state index in [-0.39, 0.29) is 17.8 Å². The van der Waals surface area contributed by atoms with Crippen LogP contribution in [0, 0.1) is 0 Å². The van der Waals surface area contributed by atoms with Crippen LogP contribution in [-0.2, 0) is 16.1 Å². The van der Waals surface area contributed by atoms with Crippen molar-refractivity contribution >= 4 is 23.6 Å². The normalized spacial score (nSPS) is 14.7. The monoisotopic (exact) mass is 363 g/mol. The van der Waals surface area contributed by atoms with Crippen molar-refractivity contribution in [2.45, 2.75) is 45.8 Å². The maximum absolute atomic E-state index is 12.8. The lowest BCUT2D eigenvalue weighted by molar-refractivity contribution is -0.156. The number of nitrogens with zero attached hydrogens (tertiary/aromatic N) is 1. The summed E-state index contributed by atoms with van der Waals surface area (Å²) in [6.45, 7) is 11.7. The second-order valence-corrected chi connectivity index (χ2v) is 7.86. The molecule has 0 fully saturated rings. The minimum absolute atomic E-state index is 0.0124. The zero-order valence-electron chi connectivity index (χ0n) is 16.3. The van der Waals surface area contributed by atoms with E-state index in [0.717, 1.165) is 27.9 Å². The summed E-state index contributed by atoms with van der Waals surface area (Å²) in [5.41, 5.74) is 3.84. The fourth-order valence-corrected chi connectivity index (χ4v) is 3.12. The highest BCUT2D eigenvalue weighted by Crippen LogP contribution is 2.30. The molecule has 0 radical (unpaired) electrons. The Bertz CT molecular complexity index is 891. The maximum Gasteiger partial charge on any atom is 0.313 e. The number of amides is 1. The van der Waals surface area contributed by atoms with Gasteiger partial charge in [0.05, 0.1) is 12.5 Å². The molecular formula is C23H25NO3. The summed E-state index contributed by atoms with van der Waals surface area (Å²) in [4.78, 5) is 26.8. The molecule has 0 aromatic heterocycles. The maximum atomic E-state index is 12.8. The Balaban J connectivity index is 1.77. The molecule has 3 rings (SSSR count). The number of benzene rings is 2. The van der Waals surface area contributed by atoms with Gasteiger partial charge in [0.25, 0.3) is 5.91 Å². The minimum atomic E-state index is -0.511. The summed E-state index contributed by atoms with van der Waals surface area (Å²) in [5, 5.41) is 0. The van der Waals surface area contributed by atoms with Crippen molar-refractivity contribution in [2.24, 2.45) is 0 Å². The summed E-state index contributed by atoms with van der Waals surface area (Å²) in [7, 11) is 0. The van der Waals surface area contributed by atoms with E-state index in [1.165, 1.54) is 0 Å². The van der Waals surface area contributed by atoms with Crippen molar-refractivity contribution in [3.63, 3.8) is 0 Å². The van der Waals surface area contributed by atoms with Crippen LogP contribution in [0.5, 0.6) is 0 Å². The molecule has 1 atom stereocenters. The second-order valence-electron chi connectivity index (χ2n) is 7.86. The first-order valence-corrected chi connectivity index (χ1v) is 9.09. The highest BCUT2D eigenvalue weighted by Gasteiger charge is 2.29. The predicted molar refractivity (Wildman–Crippen MR) is 108 cm³/mol. The Hall–Kier alpha value is -2.88. The summed E-state index contributed by atoms with van der Waals surface area (Å²) in [6.07, 6.45) is 1.74. The Morgan fingerprint density at radius 2 is 1.85 bits per heavy atom. The third-order valence-corrected chi connectivity index (χ3v) is 4.64. The largest absolute Gasteiger partial charge is 0.460 e. The quantitative estimate of drug-likeness (QED) is 0.723. The lowest BCUT2D eigenvalue weighted by Crippen LogP contribution is -2.27. The summed E-state index contributed by atoms with van der Waals surface area (Å²) in [5.74, 6) is -0.626. The van der Waals surface area contributed by atoms with Crippen molar-refractivity contribution in [1.29, 1.82) is 0 Å². The number of ether oxygens (including phenoxy) is 1. The number of hydrogen-bond acceptors (Lipinski definition) is 3. The second kappa shape index (κ2) is 7.03. The molecule has 0 N–H and O–H groups in total. The van der Waals surface area contributed by atoms with E-state index >= 15 is 0 Å². The van der Waals surface area contributed by atoms with Gasteiger partial charge in [0, 0.05) is 11.3 Å². The van der Waals surface area contributed by atoms with E-state index in [1.54, 1.807) is 11.0 Å². The Labute approximate surface area is 160 Å². The van der Waals surface area contributed by atoms with Crippen LogP contribution < -0.4 is 4.90 Å². The Morgan fingerprint density at radius 1 is 1.19 bits per heavy atom. The van der Waals surface area contributed by atoms with Crippen LogP contribution >= 0.6 is 0 Å². The highest BCUT2D eigenvalue weighted by molar-refractivity contribution is 6.10. The molecule has 1 unspecified atom stereocenters. The number of anilines is 1. The molecular weight excluding hydrogens is 338 g/mol. The van der Waals surface area contributed by atoms with E-state index in [4.69, 9.17) is 4.74 Å². The lowest BCUT2D eigenvalue weighted by Gasteiger charge is -2.23. The molecule has 2 aromatic carbocycles. The zero-order chi connectivity index (χ0) is 19.8. The van der Waals surface area contributed by atoms with Crippen LogP contribution in [0.15, 0.2) is 49.0 Å². The SMILES string of the molecule is C=Cc1ccc2c(c1)C(=O)N(c1ccc(C(C)C(=O)OC(C)(C)C)cc1)C2. The van der Waals surface area contributed by atoms with Gasteiger partial charge in [-0.3, -0.25) is 9.59 Å². The van der Waals surface area contributed by atoms with Gasteiger partial charge in [0.2, 0.25) is 0 Å². The van der Waals surface area contributed by atoms with Gasteiger partial charge in [-0.15, -0.1) is 0 Å². The van der Waals surface area contributed by atoms with Gasteiger partial charge in [-0.1, -0.05) is 36.9 Å². The molecule has 0 aliphatic carbocycles. The fraction of sp³-hybridized carbons (Fsp3) is 0.304. The third kappa shape index (κ3) is 3.95. The van der Waals surface area contributed by atoms with Gasteiger partial charge in [-0.05, 0) is 62.6 Å². The average Bonchev–Trinajstić information content (AvgIpc) is 2.96. The van der Waals surface area contributed by atoms with Crippen molar-refractivity contribution in [1.82, 2.24) is 0 Å². The number of carbonyl (C=O) groups is 2. The van der Waals surface area contributed by atoms with E-state index in [9.17, 15) is 9.59 Å². The molecule has 4 heteroatoms. The molecule has 1 heterocycles. The van der Waals surface area contributed by atoms with Crippen LogP contribution in [0.4, 0.5) is 5.69 Å². The van der Waals surface area contributed by atoms with E-state index < -0.39 is 5.60 Å². The van der Waals surface area contributed by atoms with E-state index in [1.807, 2.05) is 70.2 Å². The van der Waals surface area contributed by atoms with Gasteiger partial charge < -0.3 is 9.64 Å². The molecule has 140 valence electrons. The van der Waals surface area contributed by atoms with Crippen LogP contribution in [0.25, 0.3) is 6.08 Å². The number of esters is 1. The molecule has 0 saturated heterocycles. The van der Waals surface area contributed by atoms with Crippen molar-refractivity contribution in [3.05, 3.63) is 71.3 Å². The summed E-state index contributed by atoms with van der Waals surface area (Å²) < 4.78 is 5.45. The Kier molecular flexibility index (Phi) is 4.92. The van der Waals surface area contributed by atoms with Crippen molar-refractivity contribution in [3.8, 4) is 0 Å². The number of fused-ring (bicyclic) bond motifs is 1. The molecule has 27 heavy (non-hydrogen) atoms. The van der Waals surface area contributed by atoms with E-state index in [2.05, 4.69) is 6.58 Å². The van der Waals surface area contributed by atoms with Crippen LogP contribution in [0.3, 0.4) is 0 Å². The molecule has 2 aromatic rings. The van der Waals surface area contributed by atoms with Crippen LogP contribution in [-0.4, -0.2) is 17.5 Å². The van der Waals surface area contributed by atoms with Gasteiger partial charge in [0.15, 0.2) is 0 Å². The van der Waals surface area contributed by atoms with Crippen molar-refractivity contribution in [2.75, 3.05) is 4.90 Å². The van der Waals surface area contributed by atoms with Gasteiger partial charge in [-0.25, -0.2) is 0 Å². The first-order valence-electron chi connectivity index (χ1n) is 9.09. The van der Waals surface area contributed by atoms with Gasteiger partial charge in [-0.2, -0.15) is 0 Å². The lowest BCUT2D eigenvalue weighted by atomic mass is 10.0. The predicted octanol–water partition coefficient (Wildman–Crippen LogP) is 4.94. The van der Waals surface area contributed by atoms with Crippen LogP contribution in [0.1, 0.15) is 60.7 Å². The van der Waals surface area contributed by atoms with Gasteiger partial charge in [0.1, 0.15) is 5.60 Å². The summed E-state index contributed by atoms with van der Waals surface area (Å²) in [6, 6.07) is 13.4. The van der Waals surface area contributed by atoms with Gasteiger partial charge >= 0.3 is 5.97 Å². The molecule has 4 nitrogen and oxygen atoms in total. The zero-order valence-corrected chi connectivity index (χ0v) is 16.3. The minimum Gasteiger partial charge on any atom is -0.460 e. The molecule has 1 aliphatic rings. The first kappa shape index (κ1) is 18.9.